The second kappa shape index (κ2) is 5.99. The normalized spacial score (nSPS) is 18.7. The van der Waals surface area contributed by atoms with Gasteiger partial charge in [-0.25, -0.2) is 4.98 Å². The summed E-state index contributed by atoms with van der Waals surface area (Å²) in [5.74, 6) is 0.771. The molecular formula is C14H18N6O. The maximum atomic E-state index is 12.7. The lowest BCUT2D eigenvalue weighted by Crippen LogP contribution is -2.40. The minimum atomic E-state index is -0.0848. The molecule has 0 radical (unpaired) electrons. The third kappa shape index (κ3) is 2.63. The molecule has 0 bridgehead atoms. The van der Waals surface area contributed by atoms with Gasteiger partial charge in [-0.1, -0.05) is 0 Å². The van der Waals surface area contributed by atoms with Crippen LogP contribution in [0.4, 0.5) is 0 Å². The van der Waals surface area contributed by atoms with Gasteiger partial charge in [0.25, 0.3) is 5.91 Å². The highest BCUT2D eigenvalue weighted by Crippen LogP contribution is 2.30. The minimum absolute atomic E-state index is 0.0318. The van der Waals surface area contributed by atoms with Gasteiger partial charge in [-0.3, -0.25) is 9.78 Å². The number of aromatic nitrogens is 5. The number of carbonyl (C=O) groups excluding carboxylic acids is 1. The van der Waals surface area contributed by atoms with Crippen LogP contribution in [0.15, 0.2) is 24.9 Å². The molecule has 7 heteroatoms. The van der Waals surface area contributed by atoms with Gasteiger partial charge in [0.1, 0.15) is 12.0 Å². The van der Waals surface area contributed by atoms with Crippen LogP contribution in [0.5, 0.6) is 0 Å². The molecule has 1 aliphatic rings. The fraction of sp³-hybridized carbons (Fsp3) is 0.500. The number of aryl methyl sites for hydroxylation is 1. The second-order valence-electron chi connectivity index (χ2n) is 5.08. The maximum absolute atomic E-state index is 12.7. The first kappa shape index (κ1) is 13.7. The van der Waals surface area contributed by atoms with Crippen molar-refractivity contribution in [2.45, 2.75) is 38.8 Å². The number of hydrogen-bond donors (Lipinski definition) is 0. The largest absolute Gasteiger partial charge is 0.327 e. The Morgan fingerprint density at radius 1 is 1.38 bits per heavy atom. The van der Waals surface area contributed by atoms with Gasteiger partial charge >= 0.3 is 0 Å². The van der Waals surface area contributed by atoms with Crippen LogP contribution >= 0.6 is 0 Å². The summed E-state index contributed by atoms with van der Waals surface area (Å²) in [5, 5.41) is 8.20. The fourth-order valence-electron chi connectivity index (χ4n) is 2.77. The molecule has 21 heavy (non-hydrogen) atoms. The molecule has 0 aliphatic carbocycles. The van der Waals surface area contributed by atoms with Crippen LogP contribution in [0, 0.1) is 0 Å². The van der Waals surface area contributed by atoms with Crippen LogP contribution in [-0.4, -0.2) is 42.1 Å². The van der Waals surface area contributed by atoms with Crippen molar-refractivity contribution in [1.29, 1.82) is 0 Å². The molecule has 2 aromatic rings. The summed E-state index contributed by atoms with van der Waals surface area (Å²) < 4.78 is 1.99. The third-order valence-electron chi connectivity index (χ3n) is 3.83. The summed E-state index contributed by atoms with van der Waals surface area (Å²) in [7, 11) is 0. The van der Waals surface area contributed by atoms with E-state index in [1.165, 1.54) is 6.20 Å². The average molecular weight is 286 g/mol. The molecule has 2 aromatic heterocycles. The number of rotatable bonds is 3. The lowest BCUT2D eigenvalue weighted by molar-refractivity contribution is 0.0588. The minimum Gasteiger partial charge on any atom is -0.327 e. The Hall–Kier alpha value is -2.31. The van der Waals surface area contributed by atoms with E-state index in [1.807, 2.05) is 16.4 Å². The van der Waals surface area contributed by atoms with Crippen LogP contribution in [0.1, 0.15) is 48.5 Å². The quantitative estimate of drug-likeness (QED) is 0.853. The molecule has 1 fully saturated rings. The Morgan fingerprint density at radius 2 is 2.29 bits per heavy atom. The van der Waals surface area contributed by atoms with E-state index in [4.69, 9.17) is 0 Å². The molecule has 7 nitrogen and oxygen atoms in total. The van der Waals surface area contributed by atoms with E-state index < -0.39 is 0 Å². The standard InChI is InChI=1S/C14H18N6O/c1-2-19-10-17-18-13(19)12-5-3-4-8-20(12)14(21)11-9-15-6-7-16-11/h6-7,9-10,12H,2-5,8H2,1H3/t12-/m0/s1. The van der Waals surface area contributed by atoms with Gasteiger partial charge in [-0.15, -0.1) is 10.2 Å². The van der Waals surface area contributed by atoms with Crippen LogP contribution < -0.4 is 0 Å². The molecule has 3 rings (SSSR count). The highest BCUT2D eigenvalue weighted by molar-refractivity contribution is 5.92. The Bertz CT molecular complexity index is 611. The zero-order valence-electron chi connectivity index (χ0n) is 12.0. The van der Waals surface area contributed by atoms with Crippen LogP contribution in [0.25, 0.3) is 0 Å². The summed E-state index contributed by atoms with van der Waals surface area (Å²) in [6.45, 7) is 3.56. The van der Waals surface area contributed by atoms with Gasteiger partial charge in [0.2, 0.25) is 0 Å². The highest BCUT2D eigenvalue weighted by atomic mass is 16.2. The molecule has 1 aliphatic heterocycles. The summed E-state index contributed by atoms with van der Waals surface area (Å²) in [5.41, 5.74) is 0.381. The molecule has 110 valence electrons. The number of hydrogen-bond acceptors (Lipinski definition) is 5. The van der Waals surface area contributed by atoms with Gasteiger partial charge in [0.15, 0.2) is 5.82 Å². The summed E-state index contributed by atoms with van der Waals surface area (Å²) in [6, 6.07) is -0.0318. The molecule has 0 unspecified atom stereocenters. The van der Waals surface area contributed by atoms with E-state index >= 15 is 0 Å². The SMILES string of the molecule is CCn1cnnc1[C@@H]1CCCCN1C(=O)c1cnccn1. The van der Waals surface area contributed by atoms with Crippen molar-refractivity contribution in [3.05, 3.63) is 36.4 Å². The van der Waals surface area contributed by atoms with Gasteiger partial charge in [-0.2, -0.15) is 0 Å². The van der Waals surface area contributed by atoms with Gasteiger partial charge in [0.05, 0.1) is 12.2 Å². The van der Waals surface area contributed by atoms with E-state index in [0.717, 1.165) is 38.2 Å². The lowest BCUT2D eigenvalue weighted by atomic mass is 10.0. The Kier molecular flexibility index (Phi) is 3.89. The molecular weight excluding hydrogens is 268 g/mol. The Labute approximate surface area is 123 Å². The average Bonchev–Trinajstić information content (AvgIpc) is 3.03. The molecule has 3 heterocycles. The van der Waals surface area contributed by atoms with E-state index in [9.17, 15) is 4.79 Å². The molecule has 0 spiro atoms. The number of nitrogens with zero attached hydrogens (tertiary/aromatic N) is 6. The van der Waals surface area contributed by atoms with Crippen molar-refractivity contribution < 1.29 is 4.79 Å². The van der Waals surface area contributed by atoms with Crippen molar-refractivity contribution in [3.8, 4) is 0 Å². The number of amides is 1. The van der Waals surface area contributed by atoms with E-state index in [-0.39, 0.29) is 11.9 Å². The summed E-state index contributed by atoms with van der Waals surface area (Å²) in [4.78, 5) is 22.6. The van der Waals surface area contributed by atoms with Gasteiger partial charge in [0, 0.05) is 25.5 Å². The molecule has 0 aromatic carbocycles. The third-order valence-corrected chi connectivity index (χ3v) is 3.83. The predicted molar refractivity (Wildman–Crippen MR) is 75.4 cm³/mol. The van der Waals surface area contributed by atoms with Crippen LogP contribution in [0.3, 0.4) is 0 Å². The van der Waals surface area contributed by atoms with Crippen molar-refractivity contribution >= 4 is 5.91 Å². The molecule has 1 amide bonds. The molecule has 1 saturated heterocycles. The lowest BCUT2D eigenvalue weighted by Gasteiger charge is -2.34. The first-order valence-electron chi connectivity index (χ1n) is 7.26. The fourth-order valence-corrected chi connectivity index (χ4v) is 2.77. The zero-order valence-corrected chi connectivity index (χ0v) is 12.0. The Balaban J connectivity index is 1.90. The summed E-state index contributed by atoms with van der Waals surface area (Å²) in [6.07, 6.45) is 9.34. The van der Waals surface area contributed by atoms with Gasteiger partial charge < -0.3 is 9.47 Å². The van der Waals surface area contributed by atoms with Crippen LogP contribution in [0.2, 0.25) is 0 Å². The van der Waals surface area contributed by atoms with E-state index in [1.54, 1.807) is 18.7 Å². The topological polar surface area (TPSA) is 76.8 Å². The van der Waals surface area contributed by atoms with Crippen molar-refractivity contribution in [2.24, 2.45) is 0 Å². The smallest absolute Gasteiger partial charge is 0.274 e. The first-order chi connectivity index (χ1) is 10.3. The van der Waals surface area contributed by atoms with E-state index in [2.05, 4.69) is 20.2 Å². The maximum Gasteiger partial charge on any atom is 0.274 e. The van der Waals surface area contributed by atoms with E-state index in [0.29, 0.717) is 5.69 Å². The number of piperidine rings is 1. The van der Waals surface area contributed by atoms with Crippen LogP contribution in [-0.2, 0) is 6.54 Å². The number of carbonyl (C=O) groups is 1. The first-order valence-corrected chi connectivity index (χ1v) is 7.26. The molecule has 0 N–H and O–H groups in total. The second-order valence-corrected chi connectivity index (χ2v) is 5.08. The van der Waals surface area contributed by atoms with Crippen molar-refractivity contribution in [2.75, 3.05) is 6.54 Å². The zero-order chi connectivity index (χ0) is 14.7. The number of likely N-dealkylation sites (tertiary alicyclic amines) is 1. The van der Waals surface area contributed by atoms with Crippen molar-refractivity contribution in [3.63, 3.8) is 0 Å². The molecule has 1 atom stereocenters. The Morgan fingerprint density at radius 3 is 3.05 bits per heavy atom. The predicted octanol–water partition coefficient (Wildman–Crippen LogP) is 1.46. The van der Waals surface area contributed by atoms with Crippen molar-refractivity contribution in [1.82, 2.24) is 29.6 Å². The highest BCUT2D eigenvalue weighted by Gasteiger charge is 2.32. The van der Waals surface area contributed by atoms with Gasteiger partial charge in [-0.05, 0) is 26.2 Å². The monoisotopic (exact) mass is 286 g/mol. The summed E-state index contributed by atoms with van der Waals surface area (Å²) >= 11 is 0. The molecule has 0 saturated carbocycles.